The van der Waals surface area contributed by atoms with E-state index in [9.17, 15) is 0 Å². The smallest absolute Gasteiger partial charge is 0.0326 e. The SMILES string of the molecule is C[C@H](c1ccccc1)N1[C@@H]2CC[C@]3(C)[C@H]1[C@]1(C)C[C@H]2[C@H]3N([C@@H](C)c2ccccc2)C1. The van der Waals surface area contributed by atoms with Crippen molar-refractivity contribution in [3.8, 4) is 0 Å². The van der Waals surface area contributed by atoms with Crippen molar-refractivity contribution in [1.82, 2.24) is 9.80 Å². The molecule has 7 fully saturated rings. The van der Waals surface area contributed by atoms with Crippen LogP contribution in [0.5, 0.6) is 0 Å². The van der Waals surface area contributed by atoms with Crippen LogP contribution in [0.15, 0.2) is 60.7 Å². The molecule has 9 rings (SSSR count). The van der Waals surface area contributed by atoms with Gasteiger partial charge in [0.2, 0.25) is 0 Å². The first kappa shape index (κ1) is 19.1. The van der Waals surface area contributed by atoms with Crippen LogP contribution < -0.4 is 0 Å². The molecule has 158 valence electrons. The Morgan fingerprint density at radius 1 is 0.867 bits per heavy atom. The highest BCUT2D eigenvalue weighted by molar-refractivity contribution is 5.31. The number of piperidine rings is 5. The highest BCUT2D eigenvalue weighted by Gasteiger charge is 2.73. The fraction of sp³-hybridized carbons (Fsp3) is 0.571. The molecule has 5 heterocycles. The highest BCUT2D eigenvalue weighted by atomic mass is 15.4. The normalized spacial score (nSPS) is 41.9. The molecular weight excluding hydrogens is 364 g/mol. The summed E-state index contributed by atoms with van der Waals surface area (Å²) in [5.74, 6) is 0.810. The Labute approximate surface area is 182 Å². The molecule has 5 aliphatic heterocycles. The van der Waals surface area contributed by atoms with Gasteiger partial charge in [-0.25, -0.2) is 0 Å². The number of hydrogen-bond acceptors (Lipinski definition) is 2. The lowest BCUT2D eigenvalue weighted by molar-refractivity contribution is -0.300. The summed E-state index contributed by atoms with van der Waals surface area (Å²) in [6.07, 6.45) is 4.21. The van der Waals surface area contributed by atoms with Gasteiger partial charge in [-0.15, -0.1) is 0 Å². The third kappa shape index (κ3) is 2.38. The maximum Gasteiger partial charge on any atom is 0.0326 e. The Kier molecular flexibility index (Phi) is 4.09. The van der Waals surface area contributed by atoms with Gasteiger partial charge in [-0.3, -0.25) is 9.80 Å². The monoisotopic (exact) mass is 400 g/mol. The molecule has 0 radical (unpaired) electrons. The minimum Gasteiger partial charge on any atom is -0.292 e. The molecule has 2 aromatic carbocycles. The van der Waals surface area contributed by atoms with Crippen LogP contribution in [0.25, 0.3) is 0 Å². The van der Waals surface area contributed by atoms with Crippen LogP contribution >= 0.6 is 0 Å². The van der Waals surface area contributed by atoms with E-state index < -0.39 is 0 Å². The van der Waals surface area contributed by atoms with Gasteiger partial charge < -0.3 is 0 Å². The van der Waals surface area contributed by atoms with E-state index in [4.69, 9.17) is 0 Å². The molecule has 7 aliphatic rings. The van der Waals surface area contributed by atoms with Gasteiger partial charge >= 0.3 is 0 Å². The maximum absolute atomic E-state index is 2.99. The maximum atomic E-state index is 2.99. The Morgan fingerprint density at radius 3 is 2.07 bits per heavy atom. The largest absolute Gasteiger partial charge is 0.292 e. The lowest BCUT2D eigenvalue weighted by Crippen LogP contribution is -2.85. The lowest BCUT2D eigenvalue weighted by Gasteiger charge is -2.80. The van der Waals surface area contributed by atoms with E-state index in [2.05, 4.69) is 98.2 Å². The van der Waals surface area contributed by atoms with Crippen molar-refractivity contribution in [2.24, 2.45) is 16.7 Å². The second kappa shape index (κ2) is 6.43. The van der Waals surface area contributed by atoms with Gasteiger partial charge in [0, 0.05) is 36.8 Å². The van der Waals surface area contributed by atoms with E-state index in [1.807, 2.05) is 0 Å². The van der Waals surface area contributed by atoms with Gasteiger partial charge in [0.25, 0.3) is 0 Å². The molecule has 2 aliphatic carbocycles. The first-order chi connectivity index (χ1) is 14.4. The van der Waals surface area contributed by atoms with Gasteiger partial charge in [0.1, 0.15) is 0 Å². The van der Waals surface area contributed by atoms with Gasteiger partial charge in [-0.05, 0) is 61.0 Å². The third-order valence-corrected chi connectivity index (χ3v) is 9.63. The summed E-state index contributed by atoms with van der Waals surface area (Å²) in [7, 11) is 0. The third-order valence-electron chi connectivity index (χ3n) is 9.63. The van der Waals surface area contributed by atoms with Gasteiger partial charge in [0.15, 0.2) is 0 Å². The molecule has 0 aromatic heterocycles. The quantitative estimate of drug-likeness (QED) is 0.614. The molecule has 30 heavy (non-hydrogen) atoms. The number of fused-ring (bicyclic) bond motifs is 2. The highest BCUT2D eigenvalue weighted by Crippen LogP contribution is 2.70. The average molecular weight is 401 g/mol. The zero-order valence-electron chi connectivity index (χ0n) is 19.0. The minimum atomic E-state index is 0.386. The molecule has 6 bridgehead atoms. The van der Waals surface area contributed by atoms with Crippen molar-refractivity contribution in [1.29, 1.82) is 0 Å². The first-order valence-electron chi connectivity index (χ1n) is 12.1. The van der Waals surface area contributed by atoms with Crippen LogP contribution in [0.1, 0.15) is 70.2 Å². The Balaban J connectivity index is 1.40. The van der Waals surface area contributed by atoms with E-state index >= 15 is 0 Å². The molecule has 8 atom stereocenters. The number of nitrogens with zero attached hydrogens (tertiary/aromatic N) is 2. The number of benzene rings is 2. The van der Waals surface area contributed by atoms with E-state index in [1.165, 1.54) is 36.9 Å². The predicted octanol–water partition coefficient (Wildman–Crippen LogP) is 6.07. The topological polar surface area (TPSA) is 6.48 Å². The van der Waals surface area contributed by atoms with Gasteiger partial charge in [0.05, 0.1) is 0 Å². The zero-order chi connectivity index (χ0) is 20.7. The van der Waals surface area contributed by atoms with Crippen molar-refractivity contribution < 1.29 is 0 Å². The Hall–Kier alpha value is -1.64. The van der Waals surface area contributed by atoms with Crippen molar-refractivity contribution in [2.75, 3.05) is 6.54 Å². The van der Waals surface area contributed by atoms with Crippen LogP contribution in [0.2, 0.25) is 0 Å². The van der Waals surface area contributed by atoms with Crippen molar-refractivity contribution in [2.45, 2.75) is 77.2 Å². The predicted molar refractivity (Wildman–Crippen MR) is 123 cm³/mol. The molecule has 0 unspecified atom stereocenters. The van der Waals surface area contributed by atoms with Crippen molar-refractivity contribution >= 4 is 0 Å². The number of hydrogen-bond donors (Lipinski definition) is 0. The van der Waals surface area contributed by atoms with Crippen LogP contribution in [0.4, 0.5) is 0 Å². The van der Waals surface area contributed by atoms with Crippen LogP contribution in [0, 0.1) is 16.7 Å². The standard InChI is InChI=1S/C28H36N2/c1-19(21-11-7-5-8-12-21)29-18-27(3)17-23-24-15-16-28(4,25(23)29)26(27)30(24)20(2)22-13-9-6-10-14-22/h5-14,19-20,23-26H,15-18H2,1-4H3/t19-,20+,23+,24+,25+,26+,27+,28-/m0/s1. The summed E-state index contributed by atoms with van der Waals surface area (Å²) in [5, 5.41) is 0. The second-order valence-electron chi connectivity index (χ2n) is 11.3. The fourth-order valence-corrected chi connectivity index (χ4v) is 8.78. The van der Waals surface area contributed by atoms with E-state index in [0.717, 1.165) is 18.0 Å². The first-order valence-corrected chi connectivity index (χ1v) is 12.1. The van der Waals surface area contributed by atoms with Gasteiger partial charge in [-0.1, -0.05) is 74.5 Å². The molecule has 0 N–H and O–H groups in total. The molecule has 2 saturated carbocycles. The zero-order valence-corrected chi connectivity index (χ0v) is 19.0. The summed E-state index contributed by atoms with van der Waals surface area (Å²) < 4.78 is 0. The van der Waals surface area contributed by atoms with E-state index in [0.29, 0.717) is 29.0 Å². The summed E-state index contributed by atoms with van der Waals surface area (Å²) >= 11 is 0. The second-order valence-corrected chi connectivity index (χ2v) is 11.3. The fourth-order valence-electron chi connectivity index (χ4n) is 8.78. The molecule has 5 saturated heterocycles. The molecule has 0 spiro atoms. The molecule has 2 heteroatoms. The summed E-state index contributed by atoms with van der Waals surface area (Å²) in [6.45, 7) is 11.4. The van der Waals surface area contributed by atoms with E-state index in [-0.39, 0.29) is 0 Å². The van der Waals surface area contributed by atoms with Crippen LogP contribution in [-0.2, 0) is 0 Å². The summed E-state index contributed by atoms with van der Waals surface area (Å²) in [5.41, 5.74) is 3.76. The van der Waals surface area contributed by atoms with Crippen molar-refractivity contribution in [3.05, 3.63) is 71.8 Å². The Bertz CT molecular complexity index is 926. The molecule has 2 nitrogen and oxygen atoms in total. The van der Waals surface area contributed by atoms with Crippen molar-refractivity contribution in [3.63, 3.8) is 0 Å². The van der Waals surface area contributed by atoms with Gasteiger partial charge in [-0.2, -0.15) is 0 Å². The summed E-state index contributed by atoms with van der Waals surface area (Å²) in [4.78, 5) is 5.92. The molecule has 2 aromatic rings. The lowest BCUT2D eigenvalue weighted by atomic mass is 9.40. The summed E-state index contributed by atoms with van der Waals surface area (Å²) in [6, 6.07) is 25.7. The molecule has 0 amide bonds. The average Bonchev–Trinajstić information content (AvgIpc) is 2.77. The molecular formula is C28H36N2. The van der Waals surface area contributed by atoms with E-state index in [1.54, 1.807) is 0 Å². The Morgan fingerprint density at radius 2 is 1.47 bits per heavy atom. The van der Waals surface area contributed by atoms with Crippen LogP contribution in [0.3, 0.4) is 0 Å². The van der Waals surface area contributed by atoms with Crippen LogP contribution in [-0.4, -0.2) is 34.5 Å². The minimum absolute atomic E-state index is 0.386. The number of rotatable bonds is 4.